The van der Waals surface area contributed by atoms with Crippen LogP contribution in [0.15, 0.2) is 12.1 Å². The Labute approximate surface area is 166 Å². The lowest BCUT2D eigenvalue weighted by Gasteiger charge is -2.39. The van der Waals surface area contributed by atoms with Crippen LogP contribution < -0.4 is 29.6 Å². The fourth-order valence-corrected chi connectivity index (χ4v) is 5.00. The van der Waals surface area contributed by atoms with Crippen molar-refractivity contribution in [3.8, 4) is 34.1 Å². The highest BCUT2D eigenvalue weighted by molar-refractivity contribution is 5.86. The second-order valence-electron chi connectivity index (χ2n) is 7.53. The average molecular weight is 386 g/mol. The zero-order chi connectivity index (χ0) is 20.0. The number of hydrogen-bond donors (Lipinski definition) is 2. The Bertz CT molecular complexity index is 926. The van der Waals surface area contributed by atoms with Crippen molar-refractivity contribution in [2.45, 2.75) is 25.4 Å². The third kappa shape index (κ3) is 2.55. The van der Waals surface area contributed by atoms with Gasteiger partial charge in [-0.1, -0.05) is 0 Å². The van der Waals surface area contributed by atoms with Crippen LogP contribution in [0.3, 0.4) is 0 Å². The molecule has 2 aromatic rings. The van der Waals surface area contributed by atoms with Gasteiger partial charge in [0.25, 0.3) is 0 Å². The minimum atomic E-state index is 0.384. The van der Waals surface area contributed by atoms with Crippen LogP contribution in [0.4, 0.5) is 0 Å². The SMILES string of the molecule is COc1cc2c(cc1OC)-c1c(OC)c(OC)c(C[NH3+])c3c1[C@H](C2)[NH+](C)CC3. The molecule has 1 heterocycles. The van der Waals surface area contributed by atoms with Gasteiger partial charge in [0.1, 0.15) is 12.6 Å². The van der Waals surface area contributed by atoms with E-state index < -0.39 is 0 Å². The molecule has 0 amide bonds. The van der Waals surface area contributed by atoms with Crippen LogP contribution in [-0.4, -0.2) is 42.0 Å². The fourth-order valence-electron chi connectivity index (χ4n) is 5.00. The number of methoxy groups -OCH3 is 4. The maximum atomic E-state index is 5.94. The second-order valence-corrected chi connectivity index (χ2v) is 7.53. The molecule has 0 saturated heterocycles. The van der Waals surface area contributed by atoms with E-state index in [0.29, 0.717) is 12.6 Å². The van der Waals surface area contributed by atoms with Crippen LogP contribution in [0, 0.1) is 0 Å². The van der Waals surface area contributed by atoms with Crippen LogP contribution in [0.2, 0.25) is 0 Å². The van der Waals surface area contributed by atoms with E-state index in [1.54, 1.807) is 28.4 Å². The standard InChI is InChI=1S/C22H28N2O4/c1-24-7-6-13-15(11-23)21(27-4)22(28-5)20-14-10-18(26-3)17(25-2)9-12(14)8-16(24)19(13)20/h9-10,16H,6-8,11,23H2,1-5H3/p+2/t16-/m0/s1. The van der Waals surface area contributed by atoms with Crippen molar-refractivity contribution in [2.24, 2.45) is 0 Å². The first-order valence-corrected chi connectivity index (χ1v) is 9.75. The Morgan fingerprint density at radius 1 is 1.00 bits per heavy atom. The maximum absolute atomic E-state index is 5.94. The summed E-state index contributed by atoms with van der Waals surface area (Å²) in [4.78, 5) is 1.52. The number of fused-ring (bicyclic) bond motifs is 2. The Morgan fingerprint density at radius 3 is 2.29 bits per heavy atom. The Balaban J connectivity index is 2.11. The summed E-state index contributed by atoms with van der Waals surface area (Å²) in [6.07, 6.45) is 1.99. The zero-order valence-electron chi connectivity index (χ0n) is 17.4. The van der Waals surface area contributed by atoms with Gasteiger partial charge in [0.15, 0.2) is 23.0 Å². The summed E-state index contributed by atoms with van der Waals surface area (Å²) in [6, 6.07) is 4.57. The first kappa shape index (κ1) is 18.9. The summed E-state index contributed by atoms with van der Waals surface area (Å²) in [7, 11) is 9.07. The molecule has 1 aliphatic heterocycles. The summed E-state index contributed by atoms with van der Waals surface area (Å²) in [5.41, 5.74) is 11.7. The molecule has 6 heteroatoms. The van der Waals surface area contributed by atoms with E-state index in [2.05, 4.69) is 24.9 Å². The molecule has 2 atom stereocenters. The predicted octanol–water partition coefficient (Wildman–Crippen LogP) is 0.798. The topological polar surface area (TPSA) is 69.0 Å². The van der Waals surface area contributed by atoms with Gasteiger partial charge >= 0.3 is 0 Å². The van der Waals surface area contributed by atoms with E-state index >= 15 is 0 Å². The van der Waals surface area contributed by atoms with E-state index in [0.717, 1.165) is 53.5 Å². The van der Waals surface area contributed by atoms with E-state index in [1.165, 1.54) is 27.2 Å². The monoisotopic (exact) mass is 386 g/mol. The van der Waals surface area contributed by atoms with Crippen LogP contribution in [-0.2, 0) is 19.4 Å². The summed E-state index contributed by atoms with van der Waals surface area (Å²) < 4.78 is 22.9. The number of ether oxygens (including phenoxy) is 4. The van der Waals surface area contributed by atoms with Crippen molar-refractivity contribution in [3.63, 3.8) is 0 Å². The molecule has 1 unspecified atom stereocenters. The molecule has 4 N–H and O–H groups in total. The van der Waals surface area contributed by atoms with Crippen molar-refractivity contribution in [2.75, 3.05) is 42.0 Å². The molecule has 0 radical (unpaired) electrons. The van der Waals surface area contributed by atoms with Crippen molar-refractivity contribution in [3.05, 3.63) is 34.4 Å². The van der Waals surface area contributed by atoms with Gasteiger partial charge in [0, 0.05) is 24.0 Å². The molecule has 0 bridgehead atoms. The predicted molar refractivity (Wildman–Crippen MR) is 107 cm³/mol. The smallest absolute Gasteiger partial charge is 0.170 e. The van der Waals surface area contributed by atoms with Crippen molar-refractivity contribution in [1.29, 1.82) is 0 Å². The molecule has 0 aromatic heterocycles. The molecule has 0 saturated carbocycles. The molecule has 4 rings (SSSR count). The molecule has 2 aliphatic rings. The molecular weight excluding hydrogens is 356 g/mol. The minimum Gasteiger partial charge on any atom is -0.493 e. The summed E-state index contributed by atoms with van der Waals surface area (Å²) in [5.74, 6) is 3.10. The Morgan fingerprint density at radius 2 is 1.68 bits per heavy atom. The number of rotatable bonds is 5. The van der Waals surface area contributed by atoms with E-state index in [-0.39, 0.29) is 0 Å². The lowest BCUT2D eigenvalue weighted by atomic mass is 9.75. The second kappa shape index (κ2) is 7.18. The summed E-state index contributed by atoms with van der Waals surface area (Å²) >= 11 is 0. The van der Waals surface area contributed by atoms with Gasteiger partial charge in [-0.15, -0.1) is 0 Å². The van der Waals surface area contributed by atoms with Gasteiger partial charge in [-0.05, 0) is 28.8 Å². The van der Waals surface area contributed by atoms with Crippen LogP contribution in [0.1, 0.15) is 28.3 Å². The lowest BCUT2D eigenvalue weighted by Crippen LogP contribution is -3.10. The first-order valence-electron chi connectivity index (χ1n) is 9.75. The molecule has 1 aliphatic carbocycles. The number of quaternary nitrogens is 2. The van der Waals surface area contributed by atoms with E-state index in [9.17, 15) is 0 Å². The molecule has 2 aromatic carbocycles. The summed E-state index contributed by atoms with van der Waals surface area (Å²) in [6.45, 7) is 1.79. The molecule has 0 spiro atoms. The minimum absolute atomic E-state index is 0.384. The highest BCUT2D eigenvalue weighted by Crippen LogP contribution is 2.53. The third-order valence-corrected chi connectivity index (χ3v) is 6.34. The highest BCUT2D eigenvalue weighted by atomic mass is 16.5. The van der Waals surface area contributed by atoms with Crippen LogP contribution in [0.5, 0.6) is 23.0 Å². The third-order valence-electron chi connectivity index (χ3n) is 6.34. The van der Waals surface area contributed by atoms with Gasteiger partial charge < -0.3 is 29.6 Å². The number of hydrogen-bond acceptors (Lipinski definition) is 4. The van der Waals surface area contributed by atoms with Crippen molar-refractivity contribution < 1.29 is 29.6 Å². The van der Waals surface area contributed by atoms with Crippen molar-refractivity contribution >= 4 is 0 Å². The Kier molecular flexibility index (Phi) is 4.85. The van der Waals surface area contributed by atoms with Gasteiger partial charge in [0.2, 0.25) is 0 Å². The van der Waals surface area contributed by atoms with E-state index in [4.69, 9.17) is 18.9 Å². The van der Waals surface area contributed by atoms with Gasteiger partial charge in [-0.2, -0.15) is 0 Å². The average Bonchev–Trinajstić information content (AvgIpc) is 2.73. The maximum Gasteiger partial charge on any atom is 0.170 e. The number of benzene rings is 2. The van der Waals surface area contributed by atoms with Crippen LogP contribution >= 0.6 is 0 Å². The molecule has 0 fully saturated rings. The van der Waals surface area contributed by atoms with E-state index in [1.807, 2.05) is 0 Å². The van der Waals surface area contributed by atoms with Crippen LogP contribution in [0.25, 0.3) is 11.1 Å². The van der Waals surface area contributed by atoms with Crippen molar-refractivity contribution in [1.82, 2.24) is 0 Å². The largest absolute Gasteiger partial charge is 0.493 e. The van der Waals surface area contributed by atoms with Gasteiger partial charge in [0.05, 0.1) is 47.6 Å². The fraction of sp³-hybridized carbons (Fsp3) is 0.455. The highest BCUT2D eigenvalue weighted by Gasteiger charge is 2.41. The lowest BCUT2D eigenvalue weighted by molar-refractivity contribution is -0.914. The van der Waals surface area contributed by atoms with Gasteiger partial charge in [-0.25, -0.2) is 0 Å². The summed E-state index contributed by atoms with van der Waals surface area (Å²) in [5, 5.41) is 0. The molecule has 6 nitrogen and oxygen atoms in total. The normalized spacial score (nSPS) is 19.5. The molecule has 150 valence electrons. The molecular formula is C22H30N2O4+2. The molecule has 28 heavy (non-hydrogen) atoms. The number of nitrogens with one attached hydrogen (secondary N) is 1. The van der Waals surface area contributed by atoms with Gasteiger partial charge in [-0.3, -0.25) is 0 Å². The Hall–Kier alpha value is -2.44. The first-order chi connectivity index (χ1) is 13.6. The quantitative estimate of drug-likeness (QED) is 0.798. The number of likely N-dealkylation sites (N-methyl/N-ethyl adjacent to an activating group) is 1. The zero-order valence-corrected chi connectivity index (χ0v) is 17.4.